The topological polar surface area (TPSA) is 0 Å². The predicted molar refractivity (Wildman–Crippen MR) is 103 cm³/mol. The first-order chi connectivity index (χ1) is 7.98. The SMILES string of the molecule is CC1(C)CC(I)C(=Ic2ccccc2)C(I)C1. The Balaban J connectivity index is 2.24. The molecule has 1 aromatic rings. The van der Waals surface area contributed by atoms with Crippen molar-refractivity contribution in [2.45, 2.75) is 34.5 Å². The van der Waals surface area contributed by atoms with Crippen LogP contribution in [0.2, 0.25) is 0 Å². The fourth-order valence-electron chi connectivity index (χ4n) is 2.17. The molecule has 0 heterocycles. The van der Waals surface area contributed by atoms with E-state index in [2.05, 4.69) is 89.4 Å². The van der Waals surface area contributed by atoms with E-state index in [1.165, 1.54) is 12.8 Å². The minimum Gasteiger partial charge on any atom is -0.0843 e. The summed E-state index contributed by atoms with van der Waals surface area (Å²) in [5, 5.41) is 0. The van der Waals surface area contributed by atoms with Crippen LogP contribution in [-0.4, -0.2) is 11.4 Å². The van der Waals surface area contributed by atoms with Crippen LogP contribution in [0.25, 0.3) is 0 Å². The zero-order valence-electron chi connectivity index (χ0n) is 10.1. The standard InChI is InChI=1S/C14H17I3/c1-14(2)8-11(15)13(12(16)9-14)17-10-6-4-3-5-7-10/h3-7,11-12H,8-9H2,1-2H3. The molecule has 17 heavy (non-hydrogen) atoms. The normalized spacial score (nSPS) is 28.1. The van der Waals surface area contributed by atoms with E-state index in [1.807, 2.05) is 3.51 Å². The number of hydrogen-bond acceptors (Lipinski definition) is 0. The van der Waals surface area contributed by atoms with E-state index in [-0.39, 0.29) is 20.7 Å². The van der Waals surface area contributed by atoms with Crippen LogP contribution in [0, 0.1) is 8.99 Å². The summed E-state index contributed by atoms with van der Waals surface area (Å²) in [6.07, 6.45) is 2.71. The molecule has 0 bridgehead atoms. The van der Waals surface area contributed by atoms with Gasteiger partial charge in [-0.25, -0.2) is 0 Å². The number of alkyl halides is 2. The Morgan fingerprint density at radius 3 is 2.12 bits per heavy atom. The monoisotopic (exact) mass is 566 g/mol. The summed E-state index contributed by atoms with van der Waals surface area (Å²) in [5.41, 5.74) is 0.529. The first-order valence-corrected chi connectivity index (χ1v) is 10.5. The lowest BCUT2D eigenvalue weighted by Crippen LogP contribution is -2.37. The smallest absolute Gasteiger partial charge is 0.0391 e. The second-order valence-electron chi connectivity index (χ2n) is 5.28. The molecule has 2 unspecified atom stereocenters. The second kappa shape index (κ2) is 6.15. The van der Waals surface area contributed by atoms with Gasteiger partial charge in [0.25, 0.3) is 0 Å². The van der Waals surface area contributed by atoms with E-state index >= 15 is 0 Å². The quantitative estimate of drug-likeness (QED) is 0.315. The molecule has 94 valence electrons. The van der Waals surface area contributed by atoms with Gasteiger partial charge < -0.3 is 0 Å². The molecule has 0 amide bonds. The Labute approximate surface area is 141 Å². The third kappa shape index (κ3) is 4.12. The fraction of sp³-hybridized carbons (Fsp3) is 0.500. The Kier molecular flexibility index (Phi) is 5.32. The van der Waals surface area contributed by atoms with Crippen molar-refractivity contribution in [3.63, 3.8) is 0 Å². The van der Waals surface area contributed by atoms with Crippen molar-refractivity contribution in [2.75, 3.05) is 0 Å². The van der Waals surface area contributed by atoms with E-state index in [0.717, 1.165) is 7.85 Å². The summed E-state index contributed by atoms with van der Waals surface area (Å²) in [4.78, 5) is 0. The fourth-order valence-corrected chi connectivity index (χ4v) is 10.3. The van der Waals surface area contributed by atoms with Gasteiger partial charge in [-0.05, 0) is 33.9 Å². The third-order valence-corrected chi connectivity index (χ3v) is 11.1. The number of halogens is 3. The van der Waals surface area contributed by atoms with Crippen molar-refractivity contribution in [2.24, 2.45) is 5.41 Å². The van der Waals surface area contributed by atoms with Crippen LogP contribution in [0.5, 0.6) is 0 Å². The summed E-state index contributed by atoms with van der Waals surface area (Å²) >= 11 is 5.43. The molecule has 1 aromatic carbocycles. The van der Waals surface area contributed by atoms with Gasteiger partial charge in [-0.2, -0.15) is 0 Å². The van der Waals surface area contributed by atoms with Gasteiger partial charge in [-0.1, -0.05) is 98.0 Å². The van der Waals surface area contributed by atoms with Crippen molar-refractivity contribution < 1.29 is 0 Å². The molecule has 0 aliphatic heterocycles. The van der Waals surface area contributed by atoms with Crippen molar-refractivity contribution >= 4 is 69.4 Å². The Bertz CT molecular complexity index is 393. The molecule has 3 heteroatoms. The molecule has 0 N–H and O–H groups in total. The summed E-state index contributed by atoms with van der Waals surface area (Å²) in [7, 11) is 0. The molecule has 0 nitrogen and oxygen atoms in total. The highest BCUT2D eigenvalue weighted by atomic mass is 127. The predicted octanol–water partition coefficient (Wildman–Crippen LogP) is 5.43. The summed E-state index contributed by atoms with van der Waals surface area (Å²) in [6, 6.07) is 11.1. The maximum absolute atomic E-state index is 2.67. The van der Waals surface area contributed by atoms with Crippen molar-refractivity contribution in [1.29, 1.82) is 0 Å². The number of rotatable bonds is 1. The molecular weight excluding hydrogens is 549 g/mol. The highest BCUT2D eigenvalue weighted by Crippen LogP contribution is 2.42. The van der Waals surface area contributed by atoms with Gasteiger partial charge in [0, 0.05) is 11.4 Å². The first kappa shape index (κ1) is 14.7. The summed E-state index contributed by atoms with van der Waals surface area (Å²) < 4.78 is 4.98. The average molecular weight is 566 g/mol. The number of hydrogen-bond donors (Lipinski definition) is 0. The first-order valence-electron chi connectivity index (χ1n) is 5.83. The van der Waals surface area contributed by atoms with Crippen LogP contribution in [-0.2, 0) is 0 Å². The Morgan fingerprint density at radius 2 is 1.59 bits per heavy atom. The zero-order chi connectivity index (χ0) is 12.5. The molecule has 1 aliphatic rings. The van der Waals surface area contributed by atoms with Crippen molar-refractivity contribution in [3.05, 3.63) is 33.9 Å². The maximum Gasteiger partial charge on any atom is 0.0391 e. The molecule has 1 saturated carbocycles. The van der Waals surface area contributed by atoms with E-state index in [9.17, 15) is 0 Å². The van der Waals surface area contributed by atoms with E-state index < -0.39 is 0 Å². The largest absolute Gasteiger partial charge is 0.0843 e. The molecular formula is C14H17I3. The van der Waals surface area contributed by atoms with Gasteiger partial charge in [-0.3, -0.25) is 0 Å². The lowest BCUT2D eigenvalue weighted by atomic mass is 9.77. The molecule has 0 radical (unpaired) electrons. The van der Waals surface area contributed by atoms with Crippen LogP contribution in [0.3, 0.4) is 0 Å². The third-order valence-electron chi connectivity index (χ3n) is 3.01. The highest BCUT2D eigenvalue weighted by molar-refractivity contribution is 14.2. The molecule has 0 aromatic heterocycles. The maximum atomic E-state index is 2.67. The minimum atomic E-state index is 0.0846. The molecule has 2 rings (SSSR count). The molecule has 2 atom stereocenters. The highest BCUT2D eigenvalue weighted by Gasteiger charge is 2.35. The minimum absolute atomic E-state index is 0.0846. The van der Waals surface area contributed by atoms with E-state index in [0.29, 0.717) is 5.41 Å². The Hall–Kier alpha value is 1.28. The van der Waals surface area contributed by atoms with Gasteiger partial charge in [0.2, 0.25) is 0 Å². The summed E-state index contributed by atoms with van der Waals surface area (Å²) in [6.45, 7) is 4.84. The van der Waals surface area contributed by atoms with E-state index in [1.54, 1.807) is 3.57 Å². The van der Waals surface area contributed by atoms with Crippen LogP contribution >= 0.6 is 65.9 Å². The Morgan fingerprint density at radius 1 is 1.06 bits per heavy atom. The van der Waals surface area contributed by atoms with Crippen LogP contribution < -0.4 is 0 Å². The van der Waals surface area contributed by atoms with E-state index in [4.69, 9.17) is 0 Å². The van der Waals surface area contributed by atoms with Crippen molar-refractivity contribution in [1.82, 2.24) is 0 Å². The molecule has 1 fully saturated rings. The van der Waals surface area contributed by atoms with Crippen molar-refractivity contribution in [3.8, 4) is 0 Å². The van der Waals surface area contributed by atoms with Gasteiger partial charge in [0.05, 0.1) is 0 Å². The average Bonchev–Trinajstić information content (AvgIpc) is 2.24. The van der Waals surface area contributed by atoms with Crippen LogP contribution in [0.4, 0.5) is 0 Å². The molecule has 0 saturated heterocycles. The van der Waals surface area contributed by atoms with Gasteiger partial charge in [0.15, 0.2) is 0 Å². The van der Waals surface area contributed by atoms with Crippen LogP contribution in [0.15, 0.2) is 30.3 Å². The summed E-state index contributed by atoms with van der Waals surface area (Å²) in [5.74, 6) is 0. The van der Waals surface area contributed by atoms with Crippen LogP contribution in [0.1, 0.15) is 26.7 Å². The van der Waals surface area contributed by atoms with Gasteiger partial charge in [-0.15, -0.1) is 0 Å². The number of benzene rings is 1. The lowest BCUT2D eigenvalue weighted by molar-refractivity contribution is 0.318. The molecule has 1 aliphatic carbocycles. The lowest BCUT2D eigenvalue weighted by Gasteiger charge is -2.37. The zero-order valence-corrected chi connectivity index (χ0v) is 16.6. The van der Waals surface area contributed by atoms with Gasteiger partial charge in [0.1, 0.15) is 0 Å². The molecule has 0 spiro atoms. The second-order valence-corrected chi connectivity index (χ2v) is 11.3. The van der Waals surface area contributed by atoms with Gasteiger partial charge >= 0.3 is 0 Å².